The SMILES string of the molecule is CCOc1ccc(NS(=O)(=O)c2ccc(C(=O)NCc3nc4ccccc4n3C)cc2)cc1. The molecule has 2 N–H and O–H groups in total. The van der Waals surface area contributed by atoms with Gasteiger partial charge >= 0.3 is 0 Å². The molecule has 0 saturated carbocycles. The predicted octanol–water partition coefficient (Wildman–Crippen LogP) is 3.70. The van der Waals surface area contributed by atoms with Crippen LogP contribution in [0.5, 0.6) is 5.75 Å². The second-order valence-corrected chi connectivity index (χ2v) is 9.03. The molecule has 0 unspecified atom stereocenters. The zero-order valence-corrected chi connectivity index (χ0v) is 19.1. The Labute approximate surface area is 192 Å². The number of benzene rings is 3. The highest BCUT2D eigenvalue weighted by Crippen LogP contribution is 2.20. The largest absolute Gasteiger partial charge is 0.494 e. The van der Waals surface area contributed by atoms with Crippen LogP contribution in [0.1, 0.15) is 23.1 Å². The number of carbonyl (C=O) groups is 1. The normalized spacial score (nSPS) is 11.3. The maximum absolute atomic E-state index is 12.7. The first-order valence-corrected chi connectivity index (χ1v) is 11.9. The van der Waals surface area contributed by atoms with Gasteiger partial charge in [-0.05, 0) is 67.6 Å². The number of rotatable bonds is 8. The van der Waals surface area contributed by atoms with Gasteiger partial charge in [0.2, 0.25) is 0 Å². The van der Waals surface area contributed by atoms with Crippen molar-refractivity contribution in [1.29, 1.82) is 0 Å². The summed E-state index contributed by atoms with van der Waals surface area (Å²) in [7, 11) is -1.90. The molecule has 1 amide bonds. The maximum Gasteiger partial charge on any atom is 0.261 e. The van der Waals surface area contributed by atoms with E-state index in [1.807, 2.05) is 42.8 Å². The van der Waals surface area contributed by atoms with Gasteiger partial charge in [0.25, 0.3) is 15.9 Å². The minimum absolute atomic E-state index is 0.0586. The summed E-state index contributed by atoms with van der Waals surface area (Å²) in [5.41, 5.74) is 2.62. The summed E-state index contributed by atoms with van der Waals surface area (Å²) < 4.78 is 35.2. The van der Waals surface area contributed by atoms with Gasteiger partial charge in [-0.25, -0.2) is 13.4 Å². The van der Waals surface area contributed by atoms with Gasteiger partial charge in [-0.2, -0.15) is 0 Å². The van der Waals surface area contributed by atoms with Crippen molar-refractivity contribution >= 4 is 32.7 Å². The fourth-order valence-corrected chi connectivity index (χ4v) is 4.46. The molecule has 3 aromatic carbocycles. The van der Waals surface area contributed by atoms with Crippen LogP contribution in [0.3, 0.4) is 0 Å². The number of hydrogen-bond donors (Lipinski definition) is 2. The monoisotopic (exact) mass is 464 g/mol. The Morgan fingerprint density at radius 2 is 1.70 bits per heavy atom. The number of hydrogen-bond acceptors (Lipinski definition) is 5. The van der Waals surface area contributed by atoms with Crippen molar-refractivity contribution in [3.05, 3.63) is 84.2 Å². The highest BCUT2D eigenvalue weighted by molar-refractivity contribution is 7.92. The molecule has 4 aromatic rings. The smallest absolute Gasteiger partial charge is 0.261 e. The fourth-order valence-electron chi connectivity index (χ4n) is 3.40. The molecule has 0 bridgehead atoms. The molecule has 1 heterocycles. The molecular formula is C24H24N4O4S. The van der Waals surface area contributed by atoms with Crippen LogP contribution in [0.4, 0.5) is 5.69 Å². The topological polar surface area (TPSA) is 102 Å². The molecule has 0 atom stereocenters. The second kappa shape index (κ2) is 9.33. The van der Waals surface area contributed by atoms with Crippen LogP contribution < -0.4 is 14.8 Å². The van der Waals surface area contributed by atoms with E-state index in [0.717, 1.165) is 16.9 Å². The Morgan fingerprint density at radius 1 is 1.00 bits per heavy atom. The number of fused-ring (bicyclic) bond motifs is 1. The summed E-state index contributed by atoms with van der Waals surface area (Å²) in [6.07, 6.45) is 0. The van der Waals surface area contributed by atoms with Crippen molar-refractivity contribution < 1.29 is 17.9 Å². The van der Waals surface area contributed by atoms with Gasteiger partial charge in [0, 0.05) is 18.3 Å². The molecule has 0 radical (unpaired) electrons. The molecule has 170 valence electrons. The molecular weight excluding hydrogens is 440 g/mol. The number of amides is 1. The van der Waals surface area contributed by atoms with Gasteiger partial charge in [-0.3, -0.25) is 9.52 Å². The van der Waals surface area contributed by atoms with E-state index in [9.17, 15) is 13.2 Å². The number of aromatic nitrogens is 2. The average Bonchev–Trinajstić information content (AvgIpc) is 3.14. The third kappa shape index (κ3) is 4.98. The minimum Gasteiger partial charge on any atom is -0.494 e. The number of anilines is 1. The van der Waals surface area contributed by atoms with Gasteiger partial charge in [0.05, 0.1) is 29.1 Å². The molecule has 0 spiro atoms. The molecule has 4 rings (SSSR count). The van der Waals surface area contributed by atoms with E-state index in [-0.39, 0.29) is 17.3 Å². The number of ether oxygens (including phenoxy) is 1. The van der Waals surface area contributed by atoms with Gasteiger partial charge in [0.15, 0.2) is 0 Å². The molecule has 33 heavy (non-hydrogen) atoms. The van der Waals surface area contributed by atoms with Crippen LogP contribution in [0.25, 0.3) is 11.0 Å². The number of carbonyl (C=O) groups excluding carboxylic acids is 1. The van der Waals surface area contributed by atoms with Crippen molar-refractivity contribution in [3.63, 3.8) is 0 Å². The summed E-state index contributed by atoms with van der Waals surface area (Å²) in [5.74, 6) is 1.07. The van der Waals surface area contributed by atoms with Crippen molar-refractivity contribution in [1.82, 2.24) is 14.9 Å². The lowest BCUT2D eigenvalue weighted by molar-refractivity contribution is 0.0949. The quantitative estimate of drug-likeness (QED) is 0.414. The first-order chi connectivity index (χ1) is 15.9. The minimum atomic E-state index is -3.79. The Kier molecular flexibility index (Phi) is 6.32. The van der Waals surface area contributed by atoms with E-state index in [1.54, 1.807) is 24.3 Å². The van der Waals surface area contributed by atoms with Gasteiger partial charge in [-0.1, -0.05) is 12.1 Å². The molecule has 8 nitrogen and oxygen atoms in total. The zero-order valence-electron chi connectivity index (χ0n) is 18.3. The second-order valence-electron chi connectivity index (χ2n) is 7.35. The van der Waals surface area contributed by atoms with Crippen LogP contribution in [-0.2, 0) is 23.6 Å². The highest BCUT2D eigenvalue weighted by atomic mass is 32.2. The van der Waals surface area contributed by atoms with Crippen LogP contribution in [0.15, 0.2) is 77.7 Å². The Hall–Kier alpha value is -3.85. The third-order valence-electron chi connectivity index (χ3n) is 5.13. The third-order valence-corrected chi connectivity index (χ3v) is 6.53. The number of aryl methyl sites for hydroxylation is 1. The summed E-state index contributed by atoms with van der Waals surface area (Å²) in [6.45, 7) is 2.66. The summed E-state index contributed by atoms with van der Waals surface area (Å²) in [6, 6.07) is 20.2. The van der Waals surface area contributed by atoms with Crippen molar-refractivity contribution in [2.24, 2.45) is 7.05 Å². The number of imidazole rings is 1. The van der Waals surface area contributed by atoms with E-state index in [1.165, 1.54) is 24.3 Å². The van der Waals surface area contributed by atoms with Crippen LogP contribution in [-0.4, -0.2) is 30.5 Å². The van der Waals surface area contributed by atoms with Crippen LogP contribution in [0, 0.1) is 0 Å². The van der Waals surface area contributed by atoms with Gasteiger partial charge < -0.3 is 14.6 Å². The number of nitrogens with one attached hydrogen (secondary N) is 2. The molecule has 0 aliphatic rings. The lowest BCUT2D eigenvalue weighted by Gasteiger charge is -2.10. The average molecular weight is 465 g/mol. The Bertz CT molecular complexity index is 1380. The summed E-state index contributed by atoms with van der Waals surface area (Å²) in [5, 5.41) is 2.83. The molecule has 0 aliphatic heterocycles. The number of sulfonamides is 1. The Balaban J connectivity index is 1.41. The standard InChI is InChI=1S/C24H24N4O4S/c1-3-32-19-12-10-18(11-13-19)27-33(30,31)20-14-8-17(9-15-20)24(29)25-16-23-26-21-6-4-5-7-22(21)28(23)2/h4-15,27H,3,16H2,1-2H3,(H,25,29). The summed E-state index contributed by atoms with van der Waals surface area (Å²) in [4.78, 5) is 17.1. The predicted molar refractivity (Wildman–Crippen MR) is 127 cm³/mol. The van der Waals surface area contributed by atoms with Crippen molar-refractivity contribution in [2.45, 2.75) is 18.4 Å². The van der Waals surface area contributed by atoms with E-state index >= 15 is 0 Å². The van der Waals surface area contributed by atoms with E-state index < -0.39 is 10.0 Å². The number of para-hydroxylation sites is 2. The molecule has 0 fully saturated rings. The van der Waals surface area contributed by atoms with E-state index in [0.29, 0.717) is 23.6 Å². The lowest BCUT2D eigenvalue weighted by atomic mass is 10.2. The van der Waals surface area contributed by atoms with Gasteiger partial charge in [-0.15, -0.1) is 0 Å². The Morgan fingerprint density at radius 3 is 2.36 bits per heavy atom. The van der Waals surface area contributed by atoms with E-state index in [2.05, 4.69) is 15.0 Å². The maximum atomic E-state index is 12.7. The van der Waals surface area contributed by atoms with Gasteiger partial charge in [0.1, 0.15) is 11.6 Å². The summed E-state index contributed by atoms with van der Waals surface area (Å²) >= 11 is 0. The first kappa shape index (κ1) is 22.3. The molecule has 0 aliphatic carbocycles. The van der Waals surface area contributed by atoms with Crippen molar-refractivity contribution in [2.75, 3.05) is 11.3 Å². The highest BCUT2D eigenvalue weighted by Gasteiger charge is 2.16. The van der Waals surface area contributed by atoms with E-state index in [4.69, 9.17) is 4.74 Å². The van der Waals surface area contributed by atoms with Crippen LogP contribution in [0.2, 0.25) is 0 Å². The zero-order chi connectivity index (χ0) is 23.4. The molecule has 9 heteroatoms. The van der Waals surface area contributed by atoms with Crippen LogP contribution >= 0.6 is 0 Å². The van der Waals surface area contributed by atoms with Crippen molar-refractivity contribution in [3.8, 4) is 5.75 Å². The lowest BCUT2D eigenvalue weighted by Crippen LogP contribution is -2.24. The molecule has 0 saturated heterocycles. The number of nitrogens with zero attached hydrogens (tertiary/aromatic N) is 2. The fraction of sp³-hybridized carbons (Fsp3) is 0.167. The first-order valence-electron chi connectivity index (χ1n) is 10.4. The molecule has 1 aromatic heterocycles.